The molecule has 0 bridgehead atoms. The van der Waals surface area contributed by atoms with Crippen LogP contribution in [0.2, 0.25) is 36.3 Å². The minimum Gasteiger partial charge on any atom is -0.471 e. The van der Waals surface area contributed by atoms with Crippen molar-refractivity contribution in [1.29, 1.82) is 0 Å². The topological polar surface area (TPSA) is 162 Å². The SMILES string of the molecule is [2H]C([2H])([2H])n1c(Nc2nc3c(OCc4ccccc4)nc(N)nc3n2[C@H]2C[C@H](O[Si](C)(C)C(C)(C)C)[C@@H](CO[Si](C)(C)C(C)(C)C)O2)nc2c3nc(C)cnc3ccc21. The molecule has 16 heteroatoms. The van der Waals surface area contributed by atoms with Crippen LogP contribution in [-0.2, 0) is 27.2 Å². The minimum atomic E-state index is -2.65. The van der Waals surface area contributed by atoms with Crippen molar-refractivity contribution in [3.05, 3.63) is 59.9 Å². The van der Waals surface area contributed by atoms with Gasteiger partial charge in [0.1, 0.15) is 30.0 Å². The van der Waals surface area contributed by atoms with E-state index >= 15 is 0 Å². The van der Waals surface area contributed by atoms with E-state index in [4.69, 9.17) is 43.1 Å². The molecule has 1 saturated heterocycles. The van der Waals surface area contributed by atoms with Gasteiger partial charge in [0.05, 0.1) is 29.4 Å². The maximum atomic E-state index is 8.63. The second-order valence-electron chi connectivity index (χ2n) is 17.7. The van der Waals surface area contributed by atoms with Crippen molar-refractivity contribution in [2.24, 2.45) is 6.98 Å². The van der Waals surface area contributed by atoms with Crippen LogP contribution in [0.4, 0.5) is 17.8 Å². The third kappa shape index (κ3) is 7.64. The van der Waals surface area contributed by atoms with Gasteiger partial charge in [-0.1, -0.05) is 71.9 Å². The normalized spacial score (nSPS) is 19.4. The maximum absolute atomic E-state index is 8.63. The van der Waals surface area contributed by atoms with Crippen LogP contribution >= 0.6 is 0 Å². The second-order valence-corrected chi connectivity index (χ2v) is 27.3. The van der Waals surface area contributed by atoms with E-state index in [2.05, 4.69) is 88.0 Å². The minimum absolute atomic E-state index is 0.00456. The molecule has 0 spiro atoms. The number of anilines is 3. The zero-order valence-electron chi connectivity index (χ0n) is 37.3. The summed E-state index contributed by atoms with van der Waals surface area (Å²) in [5.74, 6) is 0.321. The van der Waals surface area contributed by atoms with Crippen molar-refractivity contribution in [1.82, 2.24) is 39.0 Å². The molecule has 0 unspecified atom stereocenters. The fourth-order valence-corrected chi connectivity index (χ4v) is 8.60. The number of imidazole rings is 2. The predicted molar refractivity (Wildman–Crippen MR) is 226 cm³/mol. The van der Waals surface area contributed by atoms with Crippen molar-refractivity contribution in [3.8, 4) is 5.88 Å². The van der Waals surface area contributed by atoms with Gasteiger partial charge >= 0.3 is 0 Å². The molecule has 0 aliphatic carbocycles. The van der Waals surface area contributed by atoms with Crippen LogP contribution < -0.4 is 15.8 Å². The molecular weight excluding hydrogens is 741 g/mol. The number of nitrogens with zero attached hydrogens (tertiary/aromatic N) is 8. The van der Waals surface area contributed by atoms with Crippen molar-refractivity contribution >= 4 is 67.7 Å². The van der Waals surface area contributed by atoms with Gasteiger partial charge in [0, 0.05) is 23.7 Å². The summed E-state index contributed by atoms with van der Waals surface area (Å²) in [7, 11) is -4.51. The van der Waals surface area contributed by atoms with Crippen LogP contribution in [-0.4, -0.2) is 74.5 Å². The van der Waals surface area contributed by atoms with E-state index in [9.17, 15) is 0 Å². The van der Waals surface area contributed by atoms with Gasteiger partial charge in [-0.25, -0.2) is 15.0 Å². The van der Waals surface area contributed by atoms with Crippen LogP contribution in [0.15, 0.2) is 48.7 Å². The third-order valence-electron chi connectivity index (χ3n) is 11.6. The first-order valence-corrected chi connectivity index (χ1v) is 24.9. The predicted octanol–water partition coefficient (Wildman–Crippen LogP) is 8.57. The number of rotatable bonds is 11. The summed E-state index contributed by atoms with van der Waals surface area (Å²) in [5.41, 5.74) is 10.4. The van der Waals surface area contributed by atoms with Crippen LogP contribution in [0.1, 0.15) is 69.6 Å². The highest BCUT2D eigenvalue weighted by Gasteiger charge is 2.47. The number of nitrogens with one attached hydrogen (secondary N) is 1. The fraction of sp³-hybridized carbons (Fsp3) is 0.500. The number of nitrogens with two attached hydrogens (primary N) is 1. The van der Waals surface area contributed by atoms with E-state index in [-0.39, 0.29) is 46.5 Å². The summed E-state index contributed by atoms with van der Waals surface area (Å²) in [6, 6.07) is 13.1. The number of hydrogen-bond acceptors (Lipinski definition) is 12. The van der Waals surface area contributed by atoms with Gasteiger partial charge in [-0.05, 0) is 60.9 Å². The summed E-state index contributed by atoms with van der Waals surface area (Å²) < 4.78 is 56.0. The van der Waals surface area contributed by atoms with E-state index in [0.29, 0.717) is 52.0 Å². The van der Waals surface area contributed by atoms with Crippen LogP contribution in [0, 0.1) is 6.92 Å². The first-order valence-electron chi connectivity index (χ1n) is 20.6. The van der Waals surface area contributed by atoms with Crippen molar-refractivity contribution < 1.29 is 22.4 Å². The quantitative estimate of drug-likeness (QED) is 0.120. The van der Waals surface area contributed by atoms with E-state index in [1.54, 1.807) is 22.9 Å². The van der Waals surface area contributed by atoms with Gasteiger partial charge in [0.2, 0.25) is 23.7 Å². The molecule has 0 radical (unpaired) electrons. The Hall–Kier alpha value is -4.49. The van der Waals surface area contributed by atoms with Gasteiger partial charge < -0.3 is 28.6 Å². The Bertz CT molecular complexity index is 2500. The molecular formula is C40H56N10O4Si2. The second kappa shape index (κ2) is 14.5. The average molecular weight is 800 g/mol. The zero-order chi connectivity index (χ0) is 42.9. The maximum Gasteiger partial charge on any atom is 0.247 e. The molecule has 4 aromatic heterocycles. The summed E-state index contributed by atoms with van der Waals surface area (Å²) in [6.45, 7) is 21.9. The Kier molecular flexibility index (Phi) is 9.27. The molecule has 2 aromatic carbocycles. The lowest BCUT2D eigenvalue weighted by Gasteiger charge is -2.40. The number of aryl methyl sites for hydroxylation is 2. The largest absolute Gasteiger partial charge is 0.471 e. The molecule has 56 heavy (non-hydrogen) atoms. The van der Waals surface area contributed by atoms with E-state index < -0.39 is 35.9 Å². The van der Waals surface area contributed by atoms with Crippen LogP contribution in [0.5, 0.6) is 5.88 Å². The molecule has 0 amide bonds. The Morgan fingerprint density at radius 1 is 0.893 bits per heavy atom. The standard InChI is InChI=1S/C40H56N10O4Si2/c1-24-21-42-26-18-19-27-32(31(26)43-24)44-37(49(27)8)48-38-45-33-34(46-36(41)47-35(33)51-22-25-16-14-13-15-17-25)50(38)30-20-28(54-56(11,12)40(5,6)7)29(53-30)23-52-55(9,10)39(2,3)4/h13-19,21,28-30H,20,22-23H2,1-12H3,(H2,41,46,47)(H,44,45,48)/t28-,29+,30+/m0/s1/i8D3. The van der Waals surface area contributed by atoms with Gasteiger partial charge in [0.25, 0.3) is 0 Å². The Morgan fingerprint density at radius 3 is 2.30 bits per heavy atom. The molecule has 1 aliphatic rings. The molecule has 3 N–H and O–H groups in total. The highest BCUT2D eigenvalue weighted by molar-refractivity contribution is 6.74. The van der Waals surface area contributed by atoms with Crippen LogP contribution in [0.3, 0.4) is 0 Å². The number of nitrogen functional groups attached to an aromatic ring is 1. The number of aromatic nitrogens is 8. The first-order chi connectivity index (χ1) is 27.4. The fourth-order valence-electron chi connectivity index (χ4n) is 6.23. The monoisotopic (exact) mass is 799 g/mol. The Morgan fingerprint density at radius 2 is 1.61 bits per heavy atom. The third-order valence-corrected chi connectivity index (χ3v) is 20.6. The first kappa shape index (κ1) is 35.9. The summed E-state index contributed by atoms with van der Waals surface area (Å²) in [5, 5.41) is 3.18. The number of benzene rings is 2. The molecule has 1 fully saturated rings. The molecule has 7 rings (SSSR count). The molecule has 5 heterocycles. The van der Waals surface area contributed by atoms with Gasteiger partial charge in [0.15, 0.2) is 27.8 Å². The van der Waals surface area contributed by atoms with E-state index in [0.717, 1.165) is 10.1 Å². The van der Waals surface area contributed by atoms with E-state index in [1.165, 1.54) is 0 Å². The lowest BCUT2D eigenvalue weighted by molar-refractivity contribution is -0.0376. The number of ether oxygens (including phenoxy) is 2. The summed E-state index contributed by atoms with van der Waals surface area (Å²) in [6.07, 6.45) is 0.582. The Labute approximate surface area is 335 Å². The summed E-state index contributed by atoms with van der Waals surface area (Å²) >= 11 is 0. The van der Waals surface area contributed by atoms with Gasteiger partial charge in [-0.3, -0.25) is 14.9 Å². The van der Waals surface area contributed by atoms with Crippen molar-refractivity contribution in [2.45, 2.75) is 116 Å². The molecule has 14 nitrogen and oxygen atoms in total. The Balaban J connectivity index is 1.38. The molecule has 6 aromatic rings. The number of hydrogen-bond donors (Lipinski definition) is 2. The molecule has 3 atom stereocenters. The van der Waals surface area contributed by atoms with E-state index in [1.807, 2.05) is 37.3 Å². The van der Waals surface area contributed by atoms with Crippen LogP contribution in [0.25, 0.3) is 33.2 Å². The van der Waals surface area contributed by atoms with Gasteiger partial charge in [-0.15, -0.1) is 0 Å². The average Bonchev–Trinajstić information content (AvgIpc) is 3.81. The molecule has 1 aliphatic heterocycles. The zero-order valence-corrected chi connectivity index (χ0v) is 36.3. The van der Waals surface area contributed by atoms with Crippen molar-refractivity contribution in [2.75, 3.05) is 17.7 Å². The lowest BCUT2D eigenvalue weighted by atomic mass is 10.2. The highest BCUT2D eigenvalue weighted by atomic mass is 28.4. The number of fused-ring (bicyclic) bond motifs is 4. The summed E-state index contributed by atoms with van der Waals surface area (Å²) in [4.78, 5) is 28.2. The van der Waals surface area contributed by atoms with Gasteiger partial charge in [-0.2, -0.15) is 9.97 Å². The highest BCUT2D eigenvalue weighted by Crippen LogP contribution is 2.44. The lowest BCUT2D eigenvalue weighted by Crippen LogP contribution is -2.48. The molecule has 298 valence electrons. The van der Waals surface area contributed by atoms with Crippen molar-refractivity contribution in [3.63, 3.8) is 0 Å². The smallest absolute Gasteiger partial charge is 0.247 e. The molecule has 0 saturated carbocycles.